The highest BCUT2D eigenvalue weighted by Crippen LogP contribution is 2.34. The minimum atomic E-state index is -0.189. The molecule has 8 nitrogen and oxygen atoms in total. The lowest BCUT2D eigenvalue weighted by atomic mass is 10.2. The van der Waals surface area contributed by atoms with Gasteiger partial charge in [0.2, 0.25) is 11.9 Å². The Bertz CT molecular complexity index is 1300. The van der Waals surface area contributed by atoms with E-state index in [1.807, 2.05) is 58.0 Å². The molecule has 31 heavy (non-hydrogen) atoms. The number of thiophene rings is 1. The fourth-order valence-corrected chi connectivity index (χ4v) is 5.27. The maximum absolute atomic E-state index is 13.1. The summed E-state index contributed by atoms with van der Waals surface area (Å²) >= 11 is 2.98. The number of nitrogens with two attached hydrogens (primary N) is 1. The van der Waals surface area contributed by atoms with Crippen LogP contribution in [0.15, 0.2) is 40.3 Å². The molecule has 1 atom stereocenters. The monoisotopic (exact) mass is 453 g/mol. The fourth-order valence-electron chi connectivity index (χ4n) is 3.19. The van der Waals surface area contributed by atoms with Gasteiger partial charge in [0, 0.05) is 17.1 Å². The highest BCUT2D eigenvalue weighted by Gasteiger charge is 2.20. The van der Waals surface area contributed by atoms with Gasteiger partial charge in [0.05, 0.1) is 10.6 Å². The van der Waals surface area contributed by atoms with Gasteiger partial charge < -0.3 is 11.1 Å². The van der Waals surface area contributed by atoms with Crippen LogP contribution in [0.5, 0.6) is 0 Å². The van der Waals surface area contributed by atoms with Crippen LogP contribution in [0.3, 0.4) is 0 Å². The van der Waals surface area contributed by atoms with Gasteiger partial charge in [0.1, 0.15) is 10.7 Å². The highest BCUT2D eigenvalue weighted by molar-refractivity contribution is 7.99. The largest absolute Gasteiger partial charge is 0.368 e. The van der Waals surface area contributed by atoms with E-state index < -0.39 is 0 Å². The molecule has 0 spiro atoms. The van der Waals surface area contributed by atoms with Crippen molar-refractivity contribution in [3.8, 4) is 0 Å². The van der Waals surface area contributed by atoms with Gasteiger partial charge in [-0.25, -0.2) is 4.98 Å². The number of fused-ring (bicyclic) bond motifs is 1. The minimum absolute atomic E-state index is 0.00866. The third kappa shape index (κ3) is 4.26. The van der Waals surface area contributed by atoms with E-state index in [0.29, 0.717) is 28.9 Å². The molecule has 0 aliphatic carbocycles. The Balaban J connectivity index is 1.67. The number of hydrogen-bond acceptors (Lipinski definition) is 9. The van der Waals surface area contributed by atoms with Crippen molar-refractivity contribution in [1.82, 2.24) is 24.5 Å². The lowest BCUT2D eigenvalue weighted by Crippen LogP contribution is -2.22. The van der Waals surface area contributed by atoms with Gasteiger partial charge in [0.15, 0.2) is 5.16 Å². The van der Waals surface area contributed by atoms with E-state index in [9.17, 15) is 4.79 Å². The van der Waals surface area contributed by atoms with E-state index in [-0.39, 0.29) is 16.8 Å². The molecule has 0 fully saturated rings. The van der Waals surface area contributed by atoms with E-state index in [1.54, 1.807) is 15.9 Å². The van der Waals surface area contributed by atoms with Crippen LogP contribution in [0.1, 0.15) is 35.4 Å². The Kier molecular flexibility index (Phi) is 5.92. The standard InChI is InChI=1S/C21H23N7OS2/c1-5-28-18(29)15-11(2)12(3)30-17(15)26-21(28)31-13(4)16-24-19(22)27-20(25-16)23-14-9-7-6-8-10-14/h6-10,13H,5H2,1-4H3,(H3,22,23,24,25,27). The van der Waals surface area contributed by atoms with Crippen molar-refractivity contribution in [2.45, 2.75) is 44.6 Å². The van der Waals surface area contributed by atoms with Gasteiger partial charge in [-0.1, -0.05) is 30.0 Å². The summed E-state index contributed by atoms with van der Waals surface area (Å²) in [6.45, 7) is 8.43. The first-order valence-electron chi connectivity index (χ1n) is 9.88. The molecule has 160 valence electrons. The molecule has 4 rings (SSSR count). The molecule has 4 aromatic rings. The van der Waals surface area contributed by atoms with Crippen LogP contribution in [0.2, 0.25) is 0 Å². The van der Waals surface area contributed by atoms with Gasteiger partial charge in [-0.05, 0) is 45.4 Å². The SMILES string of the molecule is CCn1c(SC(C)c2nc(N)nc(Nc3ccccc3)n2)nc2sc(C)c(C)c2c1=O. The smallest absolute Gasteiger partial charge is 0.263 e. The van der Waals surface area contributed by atoms with E-state index in [0.717, 1.165) is 21.0 Å². The highest BCUT2D eigenvalue weighted by atomic mass is 32.2. The number of rotatable bonds is 6. The maximum Gasteiger partial charge on any atom is 0.263 e. The zero-order valence-electron chi connectivity index (χ0n) is 17.7. The molecule has 3 aromatic heterocycles. The Labute approximate surface area is 188 Å². The molecule has 0 radical (unpaired) electrons. The summed E-state index contributed by atoms with van der Waals surface area (Å²) in [6, 6.07) is 9.62. The van der Waals surface area contributed by atoms with Crippen molar-refractivity contribution in [2.75, 3.05) is 11.1 Å². The van der Waals surface area contributed by atoms with E-state index >= 15 is 0 Å². The van der Waals surface area contributed by atoms with Crippen LogP contribution < -0.4 is 16.6 Å². The van der Waals surface area contributed by atoms with Crippen LogP contribution in [0.4, 0.5) is 17.6 Å². The second-order valence-corrected chi connectivity index (χ2v) is 9.54. The summed E-state index contributed by atoms with van der Waals surface area (Å²) in [5, 5.41) is 4.31. The summed E-state index contributed by atoms with van der Waals surface area (Å²) in [6.07, 6.45) is 0. The van der Waals surface area contributed by atoms with Crippen molar-refractivity contribution >= 4 is 50.9 Å². The molecular formula is C21H23N7OS2. The normalized spacial score (nSPS) is 12.3. The van der Waals surface area contributed by atoms with Gasteiger partial charge in [-0.3, -0.25) is 9.36 Å². The lowest BCUT2D eigenvalue weighted by molar-refractivity contribution is 0.633. The topological polar surface area (TPSA) is 112 Å². The van der Waals surface area contributed by atoms with Crippen LogP contribution in [0, 0.1) is 13.8 Å². The van der Waals surface area contributed by atoms with Crippen LogP contribution in [-0.2, 0) is 6.54 Å². The first-order valence-corrected chi connectivity index (χ1v) is 11.6. The Morgan fingerprint density at radius 1 is 1.16 bits per heavy atom. The Hall–Kier alpha value is -2.98. The average Bonchev–Trinajstić information content (AvgIpc) is 3.02. The molecule has 1 unspecified atom stereocenters. The summed E-state index contributed by atoms with van der Waals surface area (Å²) in [7, 11) is 0. The van der Waals surface area contributed by atoms with Crippen molar-refractivity contribution < 1.29 is 0 Å². The Morgan fingerprint density at radius 3 is 2.61 bits per heavy atom. The molecule has 10 heteroatoms. The number of nitrogen functional groups attached to an aromatic ring is 1. The fraction of sp³-hybridized carbons (Fsp3) is 0.286. The number of nitrogens with zero attached hydrogens (tertiary/aromatic N) is 5. The van der Waals surface area contributed by atoms with Crippen LogP contribution >= 0.6 is 23.1 Å². The molecule has 3 N–H and O–H groups in total. The van der Waals surface area contributed by atoms with Crippen molar-refractivity contribution in [3.05, 3.63) is 57.0 Å². The molecule has 0 aliphatic rings. The van der Waals surface area contributed by atoms with E-state index in [4.69, 9.17) is 10.7 Å². The maximum atomic E-state index is 13.1. The van der Waals surface area contributed by atoms with Crippen molar-refractivity contribution in [3.63, 3.8) is 0 Å². The molecule has 0 bridgehead atoms. The zero-order chi connectivity index (χ0) is 22.1. The third-order valence-corrected chi connectivity index (χ3v) is 7.10. The molecule has 0 amide bonds. The van der Waals surface area contributed by atoms with Crippen LogP contribution in [-0.4, -0.2) is 24.5 Å². The Morgan fingerprint density at radius 2 is 1.90 bits per heavy atom. The predicted molar refractivity (Wildman–Crippen MR) is 127 cm³/mol. The molecule has 1 aromatic carbocycles. The quantitative estimate of drug-likeness (QED) is 0.325. The van der Waals surface area contributed by atoms with Gasteiger partial charge >= 0.3 is 0 Å². The summed E-state index contributed by atoms with van der Waals surface area (Å²) < 4.78 is 1.70. The van der Waals surface area contributed by atoms with Crippen molar-refractivity contribution in [2.24, 2.45) is 0 Å². The lowest BCUT2D eigenvalue weighted by Gasteiger charge is -2.15. The van der Waals surface area contributed by atoms with E-state index in [1.165, 1.54) is 11.8 Å². The number of para-hydroxylation sites is 1. The van der Waals surface area contributed by atoms with E-state index in [2.05, 4.69) is 20.3 Å². The summed E-state index contributed by atoms with van der Waals surface area (Å²) in [5.41, 5.74) is 7.79. The van der Waals surface area contributed by atoms with Crippen LogP contribution in [0.25, 0.3) is 10.2 Å². The third-order valence-electron chi connectivity index (χ3n) is 4.92. The summed E-state index contributed by atoms with van der Waals surface area (Å²) in [5.74, 6) is 1.03. The number of thioether (sulfide) groups is 1. The number of benzene rings is 1. The number of nitrogens with one attached hydrogen (secondary N) is 1. The van der Waals surface area contributed by atoms with Crippen molar-refractivity contribution in [1.29, 1.82) is 0 Å². The first kappa shape index (κ1) is 21.3. The molecular weight excluding hydrogens is 430 g/mol. The average molecular weight is 454 g/mol. The predicted octanol–water partition coefficient (Wildman–Crippen LogP) is 4.46. The summed E-state index contributed by atoms with van der Waals surface area (Å²) in [4.78, 5) is 32.8. The first-order chi connectivity index (χ1) is 14.9. The zero-order valence-corrected chi connectivity index (χ0v) is 19.3. The number of aromatic nitrogens is 5. The minimum Gasteiger partial charge on any atom is -0.368 e. The molecule has 0 aliphatic heterocycles. The number of anilines is 3. The van der Waals surface area contributed by atoms with Gasteiger partial charge in [-0.2, -0.15) is 15.0 Å². The number of aryl methyl sites for hydroxylation is 2. The molecule has 0 saturated carbocycles. The molecule has 3 heterocycles. The van der Waals surface area contributed by atoms with Gasteiger partial charge in [0.25, 0.3) is 5.56 Å². The van der Waals surface area contributed by atoms with Gasteiger partial charge in [-0.15, -0.1) is 11.3 Å². The second kappa shape index (κ2) is 8.64. The second-order valence-electron chi connectivity index (χ2n) is 7.03. The molecule has 0 saturated heterocycles. The number of hydrogen-bond donors (Lipinski definition) is 2.